The van der Waals surface area contributed by atoms with Crippen molar-refractivity contribution in [2.75, 3.05) is 24.3 Å². The SMILES string of the molecule is Cc1c(-c2ccccc2)nn(C(=O)c2ccccc2)c1Nc1cccc(N(C)C)c1. The largest absolute Gasteiger partial charge is 0.378 e. The number of hydrogen-bond acceptors (Lipinski definition) is 4. The molecule has 30 heavy (non-hydrogen) atoms. The van der Waals surface area contributed by atoms with Crippen molar-refractivity contribution in [1.29, 1.82) is 0 Å². The molecule has 0 aliphatic heterocycles. The van der Waals surface area contributed by atoms with Crippen molar-refractivity contribution in [2.45, 2.75) is 6.92 Å². The molecule has 1 aromatic heterocycles. The van der Waals surface area contributed by atoms with Crippen molar-refractivity contribution in [3.05, 3.63) is 96.1 Å². The highest BCUT2D eigenvalue weighted by atomic mass is 16.2. The smallest absolute Gasteiger partial charge is 0.280 e. The maximum absolute atomic E-state index is 13.3. The summed E-state index contributed by atoms with van der Waals surface area (Å²) in [6.45, 7) is 1.99. The summed E-state index contributed by atoms with van der Waals surface area (Å²) in [6.07, 6.45) is 0. The number of nitrogens with one attached hydrogen (secondary N) is 1. The molecule has 4 rings (SSSR count). The van der Waals surface area contributed by atoms with Crippen LogP contribution in [-0.4, -0.2) is 29.8 Å². The standard InChI is InChI=1S/C25H24N4O/c1-18-23(19-11-6-4-7-12-19)27-29(25(30)20-13-8-5-9-14-20)24(18)26-21-15-10-16-22(17-21)28(2)3/h4-17,26H,1-3H3. The number of anilines is 3. The predicted molar refractivity (Wildman–Crippen MR) is 123 cm³/mol. The number of benzene rings is 3. The number of hydrogen-bond donors (Lipinski definition) is 1. The fourth-order valence-corrected chi connectivity index (χ4v) is 3.36. The minimum Gasteiger partial charge on any atom is -0.378 e. The molecule has 0 aliphatic carbocycles. The van der Waals surface area contributed by atoms with Crippen molar-refractivity contribution < 1.29 is 4.79 Å². The summed E-state index contributed by atoms with van der Waals surface area (Å²) in [7, 11) is 4.00. The van der Waals surface area contributed by atoms with E-state index < -0.39 is 0 Å². The predicted octanol–water partition coefficient (Wildman–Crippen LogP) is 5.36. The molecular weight excluding hydrogens is 372 g/mol. The van der Waals surface area contributed by atoms with E-state index in [1.807, 2.05) is 98.7 Å². The lowest BCUT2D eigenvalue weighted by Crippen LogP contribution is -2.16. The van der Waals surface area contributed by atoms with Crippen molar-refractivity contribution >= 4 is 23.1 Å². The van der Waals surface area contributed by atoms with E-state index in [1.165, 1.54) is 4.68 Å². The Bertz CT molecular complexity index is 1160. The van der Waals surface area contributed by atoms with Crippen LogP contribution in [0.15, 0.2) is 84.9 Å². The average Bonchev–Trinajstić information content (AvgIpc) is 3.10. The molecule has 0 unspecified atom stereocenters. The third-order valence-electron chi connectivity index (χ3n) is 5.01. The molecule has 0 amide bonds. The summed E-state index contributed by atoms with van der Waals surface area (Å²) in [4.78, 5) is 15.3. The number of carbonyl (C=O) groups is 1. The van der Waals surface area contributed by atoms with Crippen molar-refractivity contribution in [1.82, 2.24) is 9.78 Å². The van der Waals surface area contributed by atoms with Gasteiger partial charge < -0.3 is 10.2 Å². The fraction of sp³-hybridized carbons (Fsp3) is 0.120. The van der Waals surface area contributed by atoms with Gasteiger partial charge in [-0.1, -0.05) is 54.6 Å². The van der Waals surface area contributed by atoms with Crippen LogP contribution in [0.1, 0.15) is 15.9 Å². The van der Waals surface area contributed by atoms with E-state index >= 15 is 0 Å². The van der Waals surface area contributed by atoms with E-state index in [4.69, 9.17) is 5.10 Å². The topological polar surface area (TPSA) is 50.2 Å². The zero-order chi connectivity index (χ0) is 21.1. The summed E-state index contributed by atoms with van der Waals surface area (Å²) in [5.41, 5.74) is 5.23. The quantitative estimate of drug-likeness (QED) is 0.494. The Kier molecular flexibility index (Phi) is 5.35. The molecule has 0 bridgehead atoms. The Balaban J connectivity index is 1.82. The molecule has 0 aliphatic rings. The molecule has 3 aromatic carbocycles. The molecule has 0 fully saturated rings. The van der Waals surface area contributed by atoms with Crippen molar-refractivity contribution in [3.63, 3.8) is 0 Å². The van der Waals surface area contributed by atoms with Gasteiger partial charge in [-0.25, -0.2) is 0 Å². The van der Waals surface area contributed by atoms with Crippen LogP contribution in [-0.2, 0) is 0 Å². The van der Waals surface area contributed by atoms with Crippen LogP contribution in [0.5, 0.6) is 0 Å². The Labute approximate surface area is 176 Å². The molecule has 1 heterocycles. The van der Waals surface area contributed by atoms with Crippen LogP contribution in [0.4, 0.5) is 17.2 Å². The second kappa shape index (κ2) is 8.25. The van der Waals surface area contributed by atoms with Gasteiger partial charge >= 0.3 is 0 Å². The second-order valence-corrected chi connectivity index (χ2v) is 7.34. The highest BCUT2D eigenvalue weighted by Crippen LogP contribution is 2.31. The van der Waals surface area contributed by atoms with Crippen LogP contribution in [0.3, 0.4) is 0 Å². The molecule has 0 saturated heterocycles. The lowest BCUT2D eigenvalue weighted by atomic mass is 10.1. The third kappa shape index (κ3) is 3.82. The zero-order valence-electron chi connectivity index (χ0n) is 17.3. The average molecular weight is 396 g/mol. The van der Waals surface area contributed by atoms with Crippen LogP contribution >= 0.6 is 0 Å². The van der Waals surface area contributed by atoms with Gasteiger partial charge in [-0.3, -0.25) is 4.79 Å². The van der Waals surface area contributed by atoms with Crippen molar-refractivity contribution in [3.8, 4) is 11.3 Å². The first-order chi connectivity index (χ1) is 14.5. The van der Waals surface area contributed by atoms with Gasteiger partial charge in [-0.05, 0) is 37.3 Å². The second-order valence-electron chi connectivity index (χ2n) is 7.34. The summed E-state index contributed by atoms with van der Waals surface area (Å²) in [5, 5.41) is 8.13. The lowest BCUT2D eigenvalue weighted by Gasteiger charge is -2.15. The first-order valence-electron chi connectivity index (χ1n) is 9.84. The van der Waals surface area contributed by atoms with Gasteiger partial charge in [0.15, 0.2) is 0 Å². The molecule has 1 N–H and O–H groups in total. The molecule has 0 spiro atoms. The van der Waals surface area contributed by atoms with E-state index in [2.05, 4.69) is 5.32 Å². The molecule has 150 valence electrons. The van der Waals surface area contributed by atoms with Gasteiger partial charge in [0.05, 0.1) is 5.69 Å². The normalized spacial score (nSPS) is 10.6. The van der Waals surface area contributed by atoms with E-state index in [9.17, 15) is 4.79 Å². The highest BCUT2D eigenvalue weighted by molar-refractivity contribution is 5.98. The van der Waals surface area contributed by atoms with Gasteiger partial charge in [-0.15, -0.1) is 0 Å². The van der Waals surface area contributed by atoms with Gasteiger partial charge in [0.25, 0.3) is 5.91 Å². The van der Waals surface area contributed by atoms with Gasteiger partial charge in [0, 0.05) is 42.2 Å². The molecule has 0 atom stereocenters. The number of rotatable bonds is 5. The first kappa shape index (κ1) is 19.5. The first-order valence-corrected chi connectivity index (χ1v) is 9.84. The monoisotopic (exact) mass is 396 g/mol. The van der Waals surface area contributed by atoms with E-state index in [0.717, 1.165) is 28.2 Å². The summed E-state index contributed by atoms with van der Waals surface area (Å²) >= 11 is 0. The summed E-state index contributed by atoms with van der Waals surface area (Å²) < 4.78 is 1.47. The Morgan fingerprint density at radius 1 is 0.900 bits per heavy atom. The van der Waals surface area contributed by atoms with Gasteiger partial charge in [0.2, 0.25) is 0 Å². The fourth-order valence-electron chi connectivity index (χ4n) is 3.36. The zero-order valence-corrected chi connectivity index (χ0v) is 17.3. The van der Waals surface area contributed by atoms with Crippen LogP contribution in [0.25, 0.3) is 11.3 Å². The molecule has 0 radical (unpaired) electrons. The van der Waals surface area contributed by atoms with Crippen LogP contribution in [0, 0.1) is 6.92 Å². The molecular formula is C25H24N4O. The minimum atomic E-state index is -0.174. The molecule has 5 heteroatoms. The van der Waals surface area contributed by atoms with Crippen molar-refractivity contribution in [2.24, 2.45) is 0 Å². The molecule has 0 saturated carbocycles. The number of carbonyl (C=O) groups excluding carboxylic acids is 1. The maximum atomic E-state index is 13.3. The van der Waals surface area contributed by atoms with E-state index in [1.54, 1.807) is 12.1 Å². The number of aromatic nitrogens is 2. The van der Waals surface area contributed by atoms with E-state index in [-0.39, 0.29) is 5.91 Å². The maximum Gasteiger partial charge on any atom is 0.280 e. The van der Waals surface area contributed by atoms with E-state index in [0.29, 0.717) is 11.4 Å². The number of nitrogens with zero attached hydrogens (tertiary/aromatic N) is 3. The molecule has 5 nitrogen and oxygen atoms in total. The summed E-state index contributed by atoms with van der Waals surface area (Å²) in [6, 6.07) is 27.2. The Hall–Kier alpha value is -3.86. The van der Waals surface area contributed by atoms with Crippen LogP contribution < -0.4 is 10.2 Å². The lowest BCUT2D eigenvalue weighted by molar-refractivity contribution is 0.0948. The van der Waals surface area contributed by atoms with Crippen LogP contribution in [0.2, 0.25) is 0 Å². The van der Waals surface area contributed by atoms with Gasteiger partial charge in [-0.2, -0.15) is 9.78 Å². The highest BCUT2D eigenvalue weighted by Gasteiger charge is 2.21. The summed E-state index contributed by atoms with van der Waals surface area (Å²) in [5.74, 6) is 0.491. The third-order valence-corrected chi connectivity index (χ3v) is 5.01. The van der Waals surface area contributed by atoms with Gasteiger partial charge in [0.1, 0.15) is 5.82 Å². The minimum absolute atomic E-state index is 0.174. The Morgan fingerprint density at radius 3 is 2.23 bits per heavy atom. The Morgan fingerprint density at radius 2 is 1.57 bits per heavy atom. The molecule has 4 aromatic rings.